The van der Waals surface area contributed by atoms with E-state index in [4.69, 9.17) is 0 Å². The minimum atomic E-state index is -0.0612. The lowest BCUT2D eigenvalue weighted by atomic mass is 9.78. The Bertz CT molecular complexity index is 398. The molecular formula is C16H24FN. The fraction of sp³-hybridized carbons (Fsp3) is 0.625. The van der Waals surface area contributed by atoms with Gasteiger partial charge in [0.25, 0.3) is 0 Å². The predicted molar refractivity (Wildman–Crippen MR) is 74.1 cm³/mol. The Morgan fingerprint density at radius 3 is 2.56 bits per heavy atom. The summed E-state index contributed by atoms with van der Waals surface area (Å²) in [5, 5.41) is 3.52. The SMILES string of the molecule is CC(C)NCC(C)(Cc1ccccc1F)C1CC1. The Labute approximate surface area is 110 Å². The second-order valence-corrected chi connectivity index (χ2v) is 6.23. The molecule has 1 N–H and O–H groups in total. The van der Waals surface area contributed by atoms with E-state index in [-0.39, 0.29) is 11.2 Å². The van der Waals surface area contributed by atoms with Crippen LogP contribution in [0.5, 0.6) is 0 Å². The van der Waals surface area contributed by atoms with Gasteiger partial charge in [0.2, 0.25) is 0 Å². The maximum atomic E-state index is 13.8. The largest absolute Gasteiger partial charge is 0.314 e. The molecule has 1 fully saturated rings. The highest BCUT2D eigenvalue weighted by molar-refractivity contribution is 5.20. The van der Waals surface area contributed by atoms with Crippen LogP contribution in [0.3, 0.4) is 0 Å². The lowest BCUT2D eigenvalue weighted by Gasteiger charge is -2.31. The van der Waals surface area contributed by atoms with Crippen LogP contribution in [0, 0.1) is 17.2 Å². The second-order valence-electron chi connectivity index (χ2n) is 6.23. The van der Waals surface area contributed by atoms with Crippen molar-refractivity contribution in [1.29, 1.82) is 0 Å². The quantitative estimate of drug-likeness (QED) is 0.809. The molecule has 1 unspecified atom stereocenters. The van der Waals surface area contributed by atoms with E-state index in [1.807, 2.05) is 12.1 Å². The first kappa shape index (κ1) is 13.5. The molecule has 1 aromatic carbocycles. The normalized spacial score (nSPS) is 18.9. The fourth-order valence-electron chi connectivity index (χ4n) is 2.65. The Morgan fingerprint density at radius 2 is 2.00 bits per heavy atom. The summed E-state index contributed by atoms with van der Waals surface area (Å²) in [5.41, 5.74) is 1.05. The molecule has 0 radical (unpaired) electrons. The van der Waals surface area contributed by atoms with Gasteiger partial charge in [0.15, 0.2) is 0 Å². The van der Waals surface area contributed by atoms with Crippen molar-refractivity contribution < 1.29 is 4.39 Å². The molecule has 1 aliphatic rings. The third-order valence-electron chi connectivity index (χ3n) is 4.03. The highest BCUT2D eigenvalue weighted by Gasteiger charge is 2.41. The van der Waals surface area contributed by atoms with Crippen molar-refractivity contribution in [3.05, 3.63) is 35.6 Å². The molecule has 0 bridgehead atoms. The summed E-state index contributed by atoms with van der Waals surface area (Å²) in [6, 6.07) is 7.68. The minimum absolute atomic E-state index is 0.0612. The molecule has 1 aliphatic carbocycles. The van der Waals surface area contributed by atoms with Crippen molar-refractivity contribution in [3.8, 4) is 0 Å². The highest BCUT2D eigenvalue weighted by Crippen LogP contribution is 2.47. The van der Waals surface area contributed by atoms with Gasteiger partial charge in [-0.1, -0.05) is 39.0 Å². The van der Waals surface area contributed by atoms with Crippen molar-refractivity contribution in [2.24, 2.45) is 11.3 Å². The van der Waals surface area contributed by atoms with E-state index in [2.05, 4.69) is 26.1 Å². The summed E-state index contributed by atoms with van der Waals surface area (Å²) in [6.45, 7) is 7.60. The smallest absolute Gasteiger partial charge is 0.126 e. The van der Waals surface area contributed by atoms with E-state index >= 15 is 0 Å². The maximum absolute atomic E-state index is 13.8. The molecule has 18 heavy (non-hydrogen) atoms. The summed E-state index contributed by atoms with van der Waals surface area (Å²) in [5.74, 6) is 0.692. The molecule has 2 heteroatoms. The van der Waals surface area contributed by atoms with Gasteiger partial charge < -0.3 is 5.32 Å². The van der Waals surface area contributed by atoms with Crippen molar-refractivity contribution in [3.63, 3.8) is 0 Å². The Balaban J connectivity index is 2.08. The van der Waals surface area contributed by atoms with Crippen LogP contribution < -0.4 is 5.32 Å². The molecule has 0 saturated heterocycles. The number of rotatable bonds is 6. The van der Waals surface area contributed by atoms with Crippen molar-refractivity contribution in [2.45, 2.75) is 46.1 Å². The standard InChI is InChI=1S/C16H24FN/c1-12(2)18-11-16(3,14-8-9-14)10-13-6-4-5-7-15(13)17/h4-7,12,14,18H,8-11H2,1-3H3. The second kappa shape index (κ2) is 5.40. The van der Waals surface area contributed by atoms with E-state index in [9.17, 15) is 4.39 Å². The van der Waals surface area contributed by atoms with E-state index in [0.29, 0.717) is 6.04 Å². The van der Waals surface area contributed by atoms with Crippen LogP contribution in [0.2, 0.25) is 0 Å². The molecule has 0 amide bonds. The van der Waals surface area contributed by atoms with Gasteiger partial charge >= 0.3 is 0 Å². The van der Waals surface area contributed by atoms with Gasteiger partial charge in [-0.15, -0.1) is 0 Å². The first-order valence-electron chi connectivity index (χ1n) is 6.98. The third kappa shape index (κ3) is 3.32. The van der Waals surface area contributed by atoms with Crippen molar-refractivity contribution in [1.82, 2.24) is 5.32 Å². The average molecular weight is 249 g/mol. The van der Waals surface area contributed by atoms with Crippen LogP contribution in [-0.2, 0) is 6.42 Å². The van der Waals surface area contributed by atoms with E-state index in [1.165, 1.54) is 12.8 Å². The van der Waals surface area contributed by atoms with Crippen LogP contribution in [0.15, 0.2) is 24.3 Å². The summed E-state index contributed by atoms with van der Waals surface area (Å²) in [6.07, 6.45) is 3.43. The zero-order valence-electron chi connectivity index (χ0n) is 11.7. The first-order valence-corrected chi connectivity index (χ1v) is 6.98. The van der Waals surface area contributed by atoms with Crippen LogP contribution in [0.1, 0.15) is 39.2 Å². The Morgan fingerprint density at radius 1 is 1.33 bits per heavy atom. The molecule has 0 spiro atoms. The summed E-state index contributed by atoms with van der Waals surface area (Å²) >= 11 is 0. The Kier molecular flexibility index (Phi) is 4.06. The molecule has 1 saturated carbocycles. The minimum Gasteiger partial charge on any atom is -0.314 e. The molecular weight excluding hydrogens is 225 g/mol. The lowest BCUT2D eigenvalue weighted by Crippen LogP contribution is -2.38. The molecule has 0 aliphatic heterocycles. The number of hydrogen-bond acceptors (Lipinski definition) is 1. The van der Waals surface area contributed by atoms with Crippen molar-refractivity contribution >= 4 is 0 Å². The van der Waals surface area contributed by atoms with Crippen molar-refractivity contribution in [2.75, 3.05) is 6.54 Å². The van der Waals surface area contributed by atoms with Gasteiger partial charge in [-0.25, -0.2) is 4.39 Å². The zero-order chi connectivity index (χ0) is 13.2. The highest BCUT2D eigenvalue weighted by atomic mass is 19.1. The van der Waals surface area contributed by atoms with Crippen LogP contribution >= 0.6 is 0 Å². The van der Waals surface area contributed by atoms with Crippen LogP contribution in [0.25, 0.3) is 0 Å². The van der Waals surface area contributed by atoms with Gasteiger partial charge in [-0.3, -0.25) is 0 Å². The summed E-state index contributed by atoms with van der Waals surface area (Å²) in [4.78, 5) is 0. The molecule has 100 valence electrons. The molecule has 1 nitrogen and oxygen atoms in total. The van der Waals surface area contributed by atoms with E-state index < -0.39 is 0 Å². The topological polar surface area (TPSA) is 12.0 Å². The predicted octanol–water partition coefficient (Wildman–Crippen LogP) is 3.78. The maximum Gasteiger partial charge on any atom is 0.126 e. The van der Waals surface area contributed by atoms with Gasteiger partial charge in [0.1, 0.15) is 5.82 Å². The third-order valence-corrected chi connectivity index (χ3v) is 4.03. The average Bonchev–Trinajstić information content (AvgIpc) is 3.14. The Hall–Kier alpha value is -0.890. The molecule has 1 atom stereocenters. The zero-order valence-corrected chi connectivity index (χ0v) is 11.7. The number of hydrogen-bond donors (Lipinski definition) is 1. The monoisotopic (exact) mass is 249 g/mol. The van der Waals surface area contributed by atoms with Gasteiger partial charge in [0.05, 0.1) is 0 Å². The first-order chi connectivity index (χ1) is 8.51. The molecule has 2 rings (SSSR count). The van der Waals surface area contributed by atoms with E-state index in [1.54, 1.807) is 12.1 Å². The summed E-state index contributed by atoms with van der Waals surface area (Å²) < 4.78 is 13.8. The number of nitrogens with one attached hydrogen (secondary N) is 1. The lowest BCUT2D eigenvalue weighted by molar-refractivity contribution is 0.245. The number of halogens is 1. The fourth-order valence-corrected chi connectivity index (χ4v) is 2.65. The summed E-state index contributed by atoms with van der Waals surface area (Å²) in [7, 11) is 0. The van der Waals surface area contributed by atoms with Crippen LogP contribution in [0.4, 0.5) is 4.39 Å². The van der Waals surface area contributed by atoms with Gasteiger partial charge in [0, 0.05) is 12.6 Å². The molecule has 0 heterocycles. The van der Waals surface area contributed by atoms with Crippen LogP contribution in [-0.4, -0.2) is 12.6 Å². The number of benzene rings is 1. The van der Waals surface area contributed by atoms with Gasteiger partial charge in [-0.2, -0.15) is 0 Å². The molecule has 1 aromatic rings. The van der Waals surface area contributed by atoms with E-state index in [0.717, 1.165) is 24.4 Å². The molecule has 0 aromatic heterocycles. The van der Waals surface area contributed by atoms with Gasteiger partial charge in [-0.05, 0) is 42.2 Å².